The van der Waals surface area contributed by atoms with E-state index in [1.165, 1.54) is 0 Å². The number of hydrogen-bond donors (Lipinski definition) is 1. The highest BCUT2D eigenvalue weighted by atomic mass is 16.4. The number of fused-ring (bicyclic) bond motifs is 4. The number of carbonyl (C=O) groups is 1. The summed E-state index contributed by atoms with van der Waals surface area (Å²) in [5.41, 5.74) is 2.58. The van der Waals surface area contributed by atoms with Crippen LogP contribution in [0.25, 0.3) is 0 Å². The first-order chi connectivity index (χ1) is 11.1. The van der Waals surface area contributed by atoms with Gasteiger partial charge in [-0.15, -0.1) is 0 Å². The molecule has 0 amide bonds. The second kappa shape index (κ2) is 5.26. The molecule has 1 saturated heterocycles. The predicted octanol–water partition coefficient (Wildman–Crippen LogP) is 2.17. The lowest BCUT2D eigenvalue weighted by molar-refractivity contribution is 0.0697. The Balaban J connectivity index is 1.63. The number of piperidine rings is 1. The van der Waals surface area contributed by atoms with E-state index in [4.69, 9.17) is 5.11 Å². The fraction of sp³-hybridized carbons (Fsp3) is 0.333. The number of aromatic nitrogens is 1. The Hall–Kier alpha value is -2.56. The van der Waals surface area contributed by atoms with Gasteiger partial charge in [-0.1, -0.05) is 6.07 Å². The molecule has 1 N–H and O–H groups in total. The Kier molecular flexibility index (Phi) is 3.22. The van der Waals surface area contributed by atoms with E-state index >= 15 is 0 Å². The third-order valence-electron chi connectivity index (χ3n) is 4.96. The van der Waals surface area contributed by atoms with Gasteiger partial charge in [-0.2, -0.15) is 0 Å². The highest BCUT2D eigenvalue weighted by molar-refractivity contribution is 5.88. The molecule has 1 aromatic heterocycles. The maximum Gasteiger partial charge on any atom is 0.335 e. The van der Waals surface area contributed by atoms with Crippen molar-refractivity contribution in [1.82, 2.24) is 4.57 Å². The van der Waals surface area contributed by atoms with Crippen LogP contribution >= 0.6 is 0 Å². The van der Waals surface area contributed by atoms with E-state index in [1.54, 1.807) is 18.2 Å². The summed E-state index contributed by atoms with van der Waals surface area (Å²) in [6.45, 7) is 2.55. The summed E-state index contributed by atoms with van der Waals surface area (Å²) < 4.78 is 1.92. The number of nitrogens with zero attached hydrogens (tertiary/aromatic N) is 2. The van der Waals surface area contributed by atoms with Gasteiger partial charge in [0.2, 0.25) is 0 Å². The largest absolute Gasteiger partial charge is 0.478 e. The molecular formula is C18H18N2O3. The van der Waals surface area contributed by atoms with Crippen molar-refractivity contribution in [3.05, 3.63) is 64.1 Å². The summed E-state index contributed by atoms with van der Waals surface area (Å²) in [5.74, 6) is -0.0867. The quantitative estimate of drug-likeness (QED) is 0.923. The Morgan fingerprint density at radius 2 is 1.83 bits per heavy atom. The van der Waals surface area contributed by atoms with Crippen molar-refractivity contribution in [2.24, 2.45) is 5.92 Å². The summed E-state index contributed by atoms with van der Waals surface area (Å²) in [4.78, 5) is 25.3. The molecule has 2 aliphatic heterocycles. The Bertz CT molecular complexity index is 810. The molecule has 4 rings (SSSR count). The molecule has 5 heteroatoms. The molecule has 0 aliphatic carbocycles. The maximum atomic E-state index is 12.0. The lowest BCUT2D eigenvalue weighted by atomic mass is 9.83. The van der Waals surface area contributed by atoms with Crippen LogP contribution in [0.5, 0.6) is 0 Å². The SMILES string of the molecule is O=C(O)c1ccc(N2C[C@H]3C[C@@H](C2)c2cccc(=O)n2C3)cc1. The number of carboxylic acid groups (broad SMARTS) is 1. The van der Waals surface area contributed by atoms with Crippen LogP contribution in [-0.2, 0) is 6.54 Å². The topological polar surface area (TPSA) is 62.5 Å². The molecule has 2 aliphatic rings. The number of anilines is 1. The van der Waals surface area contributed by atoms with E-state index in [1.807, 2.05) is 22.8 Å². The van der Waals surface area contributed by atoms with E-state index in [0.29, 0.717) is 17.4 Å². The third kappa shape index (κ3) is 2.42. The van der Waals surface area contributed by atoms with Crippen molar-refractivity contribution in [1.29, 1.82) is 0 Å². The maximum absolute atomic E-state index is 12.0. The molecule has 23 heavy (non-hydrogen) atoms. The predicted molar refractivity (Wildman–Crippen MR) is 87.2 cm³/mol. The van der Waals surface area contributed by atoms with Crippen LogP contribution in [0.2, 0.25) is 0 Å². The zero-order valence-corrected chi connectivity index (χ0v) is 12.7. The van der Waals surface area contributed by atoms with E-state index in [9.17, 15) is 9.59 Å². The fourth-order valence-corrected chi connectivity index (χ4v) is 3.92. The van der Waals surface area contributed by atoms with Gasteiger partial charge in [0.15, 0.2) is 0 Å². The smallest absolute Gasteiger partial charge is 0.335 e. The van der Waals surface area contributed by atoms with Gasteiger partial charge in [-0.05, 0) is 42.7 Å². The summed E-state index contributed by atoms with van der Waals surface area (Å²) in [6.07, 6.45) is 1.12. The molecule has 2 atom stereocenters. The molecule has 0 radical (unpaired) electrons. The van der Waals surface area contributed by atoms with Crippen molar-refractivity contribution >= 4 is 11.7 Å². The van der Waals surface area contributed by atoms with Crippen LogP contribution < -0.4 is 10.5 Å². The molecule has 0 saturated carbocycles. The van der Waals surface area contributed by atoms with Crippen LogP contribution in [0.3, 0.4) is 0 Å². The third-order valence-corrected chi connectivity index (χ3v) is 4.96. The van der Waals surface area contributed by atoms with Crippen LogP contribution in [0.1, 0.15) is 28.4 Å². The number of rotatable bonds is 2. The second-order valence-electron chi connectivity index (χ2n) is 6.46. The number of carboxylic acids is 1. The Morgan fingerprint density at radius 3 is 2.57 bits per heavy atom. The van der Waals surface area contributed by atoms with Gasteiger partial charge in [-0.25, -0.2) is 4.79 Å². The number of hydrogen-bond acceptors (Lipinski definition) is 3. The molecule has 1 fully saturated rings. The molecule has 1 aromatic carbocycles. The van der Waals surface area contributed by atoms with Crippen molar-refractivity contribution in [3.8, 4) is 0 Å². The van der Waals surface area contributed by atoms with E-state index in [2.05, 4.69) is 11.0 Å². The summed E-state index contributed by atoms with van der Waals surface area (Å²) in [6, 6.07) is 12.6. The number of aromatic carboxylic acids is 1. The number of pyridine rings is 1. The summed E-state index contributed by atoms with van der Waals surface area (Å²) >= 11 is 0. The first kappa shape index (κ1) is 14.1. The van der Waals surface area contributed by atoms with Gasteiger partial charge in [0.05, 0.1) is 5.56 Å². The second-order valence-corrected chi connectivity index (χ2v) is 6.46. The highest BCUT2D eigenvalue weighted by Crippen LogP contribution is 2.36. The van der Waals surface area contributed by atoms with Gasteiger partial charge in [-0.3, -0.25) is 4.79 Å². The average Bonchev–Trinajstić information content (AvgIpc) is 2.56. The lowest BCUT2D eigenvalue weighted by Gasteiger charge is -2.43. The summed E-state index contributed by atoms with van der Waals surface area (Å²) in [5, 5.41) is 9.01. The molecule has 118 valence electrons. The summed E-state index contributed by atoms with van der Waals surface area (Å²) in [7, 11) is 0. The van der Waals surface area contributed by atoms with E-state index < -0.39 is 5.97 Å². The fourth-order valence-electron chi connectivity index (χ4n) is 3.92. The van der Waals surface area contributed by atoms with Gasteiger partial charge < -0.3 is 14.6 Å². The minimum absolute atomic E-state index is 0.0939. The van der Waals surface area contributed by atoms with E-state index in [0.717, 1.165) is 37.4 Å². The average molecular weight is 310 g/mol. The van der Waals surface area contributed by atoms with Crippen LogP contribution in [0, 0.1) is 5.92 Å². The van der Waals surface area contributed by atoms with Gasteiger partial charge >= 0.3 is 5.97 Å². The van der Waals surface area contributed by atoms with Crippen molar-refractivity contribution in [2.45, 2.75) is 18.9 Å². The molecule has 0 spiro atoms. The molecule has 3 heterocycles. The zero-order chi connectivity index (χ0) is 16.0. The van der Waals surface area contributed by atoms with Gasteiger partial charge in [0.1, 0.15) is 0 Å². The van der Waals surface area contributed by atoms with Gasteiger partial charge in [0.25, 0.3) is 5.56 Å². The first-order valence-electron chi connectivity index (χ1n) is 7.90. The number of benzene rings is 1. The Labute approximate surface area is 133 Å². The lowest BCUT2D eigenvalue weighted by Crippen LogP contribution is -2.47. The minimum atomic E-state index is -0.902. The van der Waals surface area contributed by atoms with E-state index in [-0.39, 0.29) is 5.56 Å². The monoisotopic (exact) mass is 310 g/mol. The highest BCUT2D eigenvalue weighted by Gasteiger charge is 2.34. The molecule has 2 aromatic rings. The van der Waals surface area contributed by atoms with Gasteiger partial charge in [0, 0.05) is 43.0 Å². The van der Waals surface area contributed by atoms with Crippen molar-refractivity contribution in [3.63, 3.8) is 0 Å². The molecule has 5 nitrogen and oxygen atoms in total. The normalized spacial score (nSPS) is 22.5. The first-order valence-corrected chi connectivity index (χ1v) is 7.90. The minimum Gasteiger partial charge on any atom is -0.478 e. The van der Waals surface area contributed by atoms with Crippen molar-refractivity contribution < 1.29 is 9.90 Å². The molecule has 2 bridgehead atoms. The van der Waals surface area contributed by atoms with Crippen LogP contribution in [0.4, 0.5) is 5.69 Å². The van der Waals surface area contributed by atoms with Crippen LogP contribution in [-0.4, -0.2) is 28.7 Å². The van der Waals surface area contributed by atoms with Crippen molar-refractivity contribution in [2.75, 3.05) is 18.0 Å². The molecule has 0 unspecified atom stereocenters. The van der Waals surface area contributed by atoms with Crippen LogP contribution in [0.15, 0.2) is 47.3 Å². The Morgan fingerprint density at radius 1 is 1.04 bits per heavy atom. The molecular weight excluding hydrogens is 292 g/mol. The zero-order valence-electron chi connectivity index (χ0n) is 12.7. The standard InChI is InChI=1S/C18H18N2O3/c21-17-3-1-2-16-14-8-12(10-20(16)17)9-19(11-14)15-6-4-13(5-7-15)18(22)23/h1-7,12,14H,8-11H2,(H,22,23)/t12-,14+/m1/s1.